The average Bonchev–Trinajstić information content (AvgIpc) is 2.99. The molecule has 0 saturated carbocycles. The van der Waals surface area contributed by atoms with Crippen molar-refractivity contribution in [1.82, 2.24) is 20.2 Å². The summed E-state index contributed by atoms with van der Waals surface area (Å²) in [5, 5.41) is 19.9. The minimum atomic E-state index is -0.941. The van der Waals surface area contributed by atoms with Crippen LogP contribution in [0.5, 0.6) is 11.5 Å². The van der Waals surface area contributed by atoms with E-state index in [1.54, 1.807) is 18.2 Å². The number of carboxylic acid groups (broad SMARTS) is 1. The second-order valence-electron chi connectivity index (χ2n) is 4.25. The molecule has 1 N–H and O–H groups in total. The summed E-state index contributed by atoms with van der Waals surface area (Å²) in [5.41, 5.74) is 0.727. The Balaban J connectivity index is 2.38. The minimum absolute atomic E-state index is 0.137. The number of tetrazole rings is 1. The number of ether oxygens (including phenoxy) is 2. The zero-order valence-corrected chi connectivity index (χ0v) is 11.8. The predicted molar refractivity (Wildman–Crippen MR) is 72.4 cm³/mol. The summed E-state index contributed by atoms with van der Waals surface area (Å²) >= 11 is 0. The molecule has 8 nitrogen and oxygen atoms in total. The summed E-state index contributed by atoms with van der Waals surface area (Å²) in [4.78, 5) is 11.1. The second kappa shape index (κ2) is 6.69. The lowest BCUT2D eigenvalue weighted by molar-refractivity contribution is -0.137. The first-order valence-corrected chi connectivity index (χ1v) is 6.40. The molecule has 0 aliphatic rings. The molecule has 1 unspecified atom stereocenters. The summed E-state index contributed by atoms with van der Waals surface area (Å²) in [6, 6.07) is 4.75. The molecule has 0 amide bonds. The van der Waals surface area contributed by atoms with Gasteiger partial charge in [-0.1, -0.05) is 6.07 Å². The SMILES string of the molecule is CCOc1ccc(C(CC(=O)O)n2cnnn2)cc1OC. The van der Waals surface area contributed by atoms with E-state index >= 15 is 0 Å². The maximum Gasteiger partial charge on any atom is 0.305 e. The van der Waals surface area contributed by atoms with E-state index in [2.05, 4.69) is 15.5 Å². The highest BCUT2D eigenvalue weighted by atomic mass is 16.5. The van der Waals surface area contributed by atoms with Gasteiger partial charge in [0.05, 0.1) is 26.2 Å². The van der Waals surface area contributed by atoms with Crippen LogP contribution < -0.4 is 9.47 Å². The summed E-state index contributed by atoms with van der Waals surface area (Å²) < 4.78 is 12.1. The van der Waals surface area contributed by atoms with Crippen LogP contribution in [0.25, 0.3) is 0 Å². The van der Waals surface area contributed by atoms with Crippen molar-refractivity contribution < 1.29 is 19.4 Å². The number of carboxylic acids is 1. The number of aliphatic carboxylic acids is 1. The highest BCUT2D eigenvalue weighted by Crippen LogP contribution is 2.32. The van der Waals surface area contributed by atoms with Crippen molar-refractivity contribution in [1.29, 1.82) is 0 Å². The Hall–Kier alpha value is -2.64. The van der Waals surface area contributed by atoms with Crippen molar-refractivity contribution in [3.05, 3.63) is 30.1 Å². The standard InChI is InChI=1S/C13H16N4O4/c1-3-21-11-5-4-9(6-12(11)20-2)10(7-13(18)19)17-8-14-15-16-17/h4-6,8,10H,3,7H2,1-2H3,(H,18,19). The Kier molecular flexibility index (Phi) is 4.70. The van der Waals surface area contributed by atoms with Gasteiger partial charge in [-0.05, 0) is 35.0 Å². The number of aromatic nitrogens is 4. The molecule has 1 aromatic heterocycles. The zero-order valence-electron chi connectivity index (χ0n) is 11.8. The van der Waals surface area contributed by atoms with Crippen LogP contribution in [0.15, 0.2) is 24.5 Å². The minimum Gasteiger partial charge on any atom is -0.493 e. The van der Waals surface area contributed by atoms with Crippen molar-refractivity contribution >= 4 is 5.97 Å². The summed E-state index contributed by atoms with van der Waals surface area (Å²) in [6.45, 7) is 2.39. The summed E-state index contributed by atoms with van der Waals surface area (Å²) in [7, 11) is 1.53. The fraction of sp³-hybridized carbons (Fsp3) is 0.385. The highest BCUT2D eigenvalue weighted by Gasteiger charge is 2.20. The normalized spacial score (nSPS) is 11.9. The van der Waals surface area contributed by atoms with Gasteiger partial charge in [0.2, 0.25) is 0 Å². The predicted octanol–water partition coefficient (Wildman–Crippen LogP) is 1.14. The maximum atomic E-state index is 11.1. The number of rotatable bonds is 7. The van der Waals surface area contributed by atoms with Crippen molar-refractivity contribution in [3.63, 3.8) is 0 Å². The molecule has 0 aliphatic heterocycles. The Bertz CT molecular complexity index is 600. The summed E-state index contributed by atoms with van der Waals surface area (Å²) in [5.74, 6) is 0.204. The van der Waals surface area contributed by atoms with Crippen LogP contribution >= 0.6 is 0 Å². The number of methoxy groups -OCH3 is 1. The first-order valence-electron chi connectivity index (χ1n) is 6.40. The van der Waals surface area contributed by atoms with Gasteiger partial charge in [-0.15, -0.1) is 5.10 Å². The number of benzene rings is 1. The van der Waals surface area contributed by atoms with E-state index in [1.807, 2.05) is 6.92 Å². The number of hydrogen-bond donors (Lipinski definition) is 1. The van der Waals surface area contributed by atoms with E-state index in [-0.39, 0.29) is 6.42 Å². The molecule has 1 atom stereocenters. The number of carbonyl (C=O) groups is 1. The molecule has 2 aromatic rings. The molecular formula is C13H16N4O4. The van der Waals surface area contributed by atoms with Gasteiger partial charge in [0.15, 0.2) is 11.5 Å². The van der Waals surface area contributed by atoms with Crippen LogP contribution in [-0.2, 0) is 4.79 Å². The topological polar surface area (TPSA) is 99.4 Å². The van der Waals surface area contributed by atoms with Crippen LogP contribution in [0.2, 0.25) is 0 Å². The largest absolute Gasteiger partial charge is 0.493 e. The van der Waals surface area contributed by atoms with Crippen molar-refractivity contribution in [2.45, 2.75) is 19.4 Å². The Labute approximate surface area is 121 Å². The Morgan fingerprint density at radius 2 is 2.24 bits per heavy atom. The van der Waals surface area contributed by atoms with E-state index < -0.39 is 12.0 Å². The number of hydrogen-bond acceptors (Lipinski definition) is 6. The maximum absolute atomic E-state index is 11.1. The van der Waals surface area contributed by atoms with E-state index in [1.165, 1.54) is 18.1 Å². The Morgan fingerprint density at radius 1 is 1.43 bits per heavy atom. The Morgan fingerprint density at radius 3 is 2.81 bits per heavy atom. The zero-order chi connectivity index (χ0) is 15.2. The van der Waals surface area contributed by atoms with Gasteiger partial charge in [-0.3, -0.25) is 4.79 Å². The van der Waals surface area contributed by atoms with E-state index in [4.69, 9.17) is 14.6 Å². The van der Waals surface area contributed by atoms with Gasteiger partial charge in [-0.25, -0.2) is 4.68 Å². The van der Waals surface area contributed by atoms with Crippen LogP contribution in [-0.4, -0.2) is 45.0 Å². The molecule has 21 heavy (non-hydrogen) atoms. The molecule has 112 valence electrons. The lowest BCUT2D eigenvalue weighted by Gasteiger charge is -2.17. The smallest absolute Gasteiger partial charge is 0.305 e. The van der Waals surface area contributed by atoms with Gasteiger partial charge in [-0.2, -0.15) is 0 Å². The molecule has 0 saturated heterocycles. The lowest BCUT2D eigenvalue weighted by atomic mass is 10.0. The van der Waals surface area contributed by atoms with E-state index in [0.717, 1.165) is 5.56 Å². The fourth-order valence-electron chi connectivity index (χ4n) is 2.01. The van der Waals surface area contributed by atoms with Crippen molar-refractivity contribution in [2.75, 3.05) is 13.7 Å². The number of nitrogens with zero attached hydrogens (tertiary/aromatic N) is 4. The van der Waals surface area contributed by atoms with Crippen LogP contribution in [0.3, 0.4) is 0 Å². The van der Waals surface area contributed by atoms with Gasteiger partial charge < -0.3 is 14.6 Å². The monoisotopic (exact) mass is 292 g/mol. The molecule has 1 aromatic carbocycles. The van der Waals surface area contributed by atoms with Gasteiger partial charge in [0, 0.05) is 0 Å². The first-order chi connectivity index (χ1) is 10.2. The molecule has 0 radical (unpaired) electrons. The van der Waals surface area contributed by atoms with Crippen LogP contribution in [0.1, 0.15) is 24.9 Å². The highest BCUT2D eigenvalue weighted by molar-refractivity contribution is 5.68. The fourth-order valence-corrected chi connectivity index (χ4v) is 2.01. The van der Waals surface area contributed by atoms with E-state index in [0.29, 0.717) is 18.1 Å². The van der Waals surface area contributed by atoms with Gasteiger partial charge in [0.25, 0.3) is 0 Å². The van der Waals surface area contributed by atoms with Crippen LogP contribution in [0.4, 0.5) is 0 Å². The average molecular weight is 292 g/mol. The van der Waals surface area contributed by atoms with Crippen LogP contribution in [0, 0.1) is 0 Å². The third-order valence-corrected chi connectivity index (χ3v) is 2.92. The molecule has 0 bridgehead atoms. The molecule has 0 fully saturated rings. The lowest BCUT2D eigenvalue weighted by Crippen LogP contribution is -2.16. The molecule has 8 heteroatoms. The second-order valence-corrected chi connectivity index (χ2v) is 4.25. The van der Waals surface area contributed by atoms with E-state index in [9.17, 15) is 4.79 Å². The summed E-state index contributed by atoms with van der Waals surface area (Å²) in [6.07, 6.45) is 1.25. The van der Waals surface area contributed by atoms with Gasteiger partial charge >= 0.3 is 5.97 Å². The quantitative estimate of drug-likeness (QED) is 0.816. The molecular weight excluding hydrogens is 276 g/mol. The molecule has 0 spiro atoms. The molecule has 1 heterocycles. The molecule has 2 rings (SSSR count). The van der Waals surface area contributed by atoms with Crippen molar-refractivity contribution in [3.8, 4) is 11.5 Å². The van der Waals surface area contributed by atoms with Crippen molar-refractivity contribution in [2.24, 2.45) is 0 Å². The first kappa shape index (κ1) is 14.8. The third kappa shape index (κ3) is 3.47. The molecule has 0 aliphatic carbocycles. The third-order valence-electron chi connectivity index (χ3n) is 2.92. The van der Waals surface area contributed by atoms with Gasteiger partial charge in [0.1, 0.15) is 6.33 Å².